The Bertz CT molecular complexity index is 1690. The summed E-state index contributed by atoms with van der Waals surface area (Å²) in [5.74, 6) is -1.35. The van der Waals surface area contributed by atoms with Crippen molar-refractivity contribution in [2.24, 2.45) is 0 Å². The first-order chi connectivity index (χ1) is 18.7. The van der Waals surface area contributed by atoms with Crippen LogP contribution >= 0.6 is 0 Å². The molecule has 1 aliphatic rings. The van der Waals surface area contributed by atoms with E-state index in [4.69, 9.17) is 14.0 Å². The van der Waals surface area contributed by atoms with E-state index in [0.717, 1.165) is 36.0 Å². The molecule has 2 N–H and O–H groups in total. The minimum absolute atomic E-state index is 0.0116. The molecule has 2 aromatic carbocycles. The quantitative estimate of drug-likeness (QED) is 0.284. The number of hydrogen-bond acceptors (Lipinski definition) is 8. The fraction of sp³-hybridized carbons (Fsp3) is 0.269. The van der Waals surface area contributed by atoms with Crippen LogP contribution in [0.2, 0.25) is 0 Å². The van der Waals surface area contributed by atoms with Crippen LogP contribution in [-0.4, -0.2) is 43.5 Å². The zero-order chi connectivity index (χ0) is 27.7. The van der Waals surface area contributed by atoms with Crippen LogP contribution in [0.5, 0.6) is 11.5 Å². The summed E-state index contributed by atoms with van der Waals surface area (Å²) in [6.07, 6.45) is 5.91. The zero-order valence-corrected chi connectivity index (χ0v) is 22.1. The average molecular weight is 556 g/mol. The number of sulfonamides is 1. The Balaban J connectivity index is 1.39. The molecule has 0 aliphatic heterocycles. The van der Waals surface area contributed by atoms with Crippen molar-refractivity contribution >= 4 is 32.7 Å². The van der Waals surface area contributed by atoms with E-state index in [-0.39, 0.29) is 23.0 Å². The SMILES string of the molecule is C=C(F)C(=O)NCc1cnn(Cc2cc(OC)c3c(NS(=O)(=O)c4cc5c(cc4OC)CCC5)noc3c2)c1. The second kappa shape index (κ2) is 10.4. The molecule has 0 fully saturated rings. The van der Waals surface area contributed by atoms with E-state index in [1.807, 2.05) is 0 Å². The van der Waals surface area contributed by atoms with Gasteiger partial charge in [0.05, 0.1) is 27.0 Å². The minimum Gasteiger partial charge on any atom is -0.496 e. The number of amides is 1. The van der Waals surface area contributed by atoms with E-state index < -0.39 is 21.8 Å². The van der Waals surface area contributed by atoms with Crippen molar-refractivity contribution in [3.8, 4) is 11.5 Å². The molecule has 0 unspecified atom stereocenters. The van der Waals surface area contributed by atoms with Gasteiger partial charge in [-0.15, -0.1) is 0 Å². The third-order valence-electron chi connectivity index (χ3n) is 6.45. The highest BCUT2D eigenvalue weighted by atomic mass is 32.2. The summed E-state index contributed by atoms with van der Waals surface area (Å²) in [5, 5.41) is 11.0. The van der Waals surface area contributed by atoms with Gasteiger partial charge in [-0.1, -0.05) is 11.7 Å². The van der Waals surface area contributed by atoms with Crippen molar-refractivity contribution < 1.29 is 31.6 Å². The van der Waals surface area contributed by atoms with Gasteiger partial charge in [-0.25, -0.2) is 12.8 Å². The second-order valence-corrected chi connectivity index (χ2v) is 10.7. The summed E-state index contributed by atoms with van der Waals surface area (Å²) < 4.78 is 60.2. The molecule has 0 radical (unpaired) electrons. The molecule has 0 saturated carbocycles. The fourth-order valence-electron chi connectivity index (χ4n) is 4.59. The highest BCUT2D eigenvalue weighted by Gasteiger charge is 2.27. The van der Waals surface area contributed by atoms with Crippen LogP contribution in [0.1, 0.15) is 28.7 Å². The number of carbonyl (C=O) groups is 1. The fourth-order valence-corrected chi connectivity index (χ4v) is 5.80. The van der Waals surface area contributed by atoms with Gasteiger partial charge in [-0.05, 0) is 60.2 Å². The lowest BCUT2D eigenvalue weighted by Gasteiger charge is -2.13. The summed E-state index contributed by atoms with van der Waals surface area (Å²) in [6.45, 7) is 3.36. The molecule has 0 bridgehead atoms. The number of aryl methyl sites for hydroxylation is 2. The van der Waals surface area contributed by atoms with Gasteiger partial charge in [0.1, 0.15) is 21.8 Å². The number of anilines is 1. The van der Waals surface area contributed by atoms with Crippen molar-refractivity contribution in [2.75, 3.05) is 18.9 Å². The molecule has 39 heavy (non-hydrogen) atoms. The van der Waals surface area contributed by atoms with Gasteiger partial charge in [-0.2, -0.15) is 5.10 Å². The van der Waals surface area contributed by atoms with Crippen LogP contribution in [0.15, 0.2) is 58.5 Å². The summed E-state index contributed by atoms with van der Waals surface area (Å²) in [5.41, 5.74) is 3.79. The highest BCUT2D eigenvalue weighted by molar-refractivity contribution is 7.92. The first kappa shape index (κ1) is 26.2. The van der Waals surface area contributed by atoms with Gasteiger partial charge in [0.25, 0.3) is 15.9 Å². The van der Waals surface area contributed by atoms with Gasteiger partial charge < -0.3 is 19.3 Å². The van der Waals surface area contributed by atoms with Crippen molar-refractivity contribution in [1.82, 2.24) is 20.3 Å². The number of methoxy groups -OCH3 is 2. The Morgan fingerprint density at radius 3 is 2.59 bits per heavy atom. The number of ether oxygens (including phenoxy) is 2. The summed E-state index contributed by atoms with van der Waals surface area (Å²) >= 11 is 0. The zero-order valence-electron chi connectivity index (χ0n) is 21.3. The minimum atomic E-state index is -4.06. The van der Waals surface area contributed by atoms with Crippen LogP contribution in [0.4, 0.5) is 10.2 Å². The van der Waals surface area contributed by atoms with Gasteiger partial charge in [0.15, 0.2) is 17.2 Å². The van der Waals surface area contributed by atoms with Crippen LogP contribution in [0, 0.1) is 0 Å². The summed E-state index contributed by atoms with van der Waals surface area (Å²) in [4.78, 5) is 11.4. The molecule has 2 heterocycles. The lowest BCUT2D eigenvalue weighted by Crippen LogP contribution is -2.22. The Morgan fingerprint density at radius 1 is 1.13 bits per heavy atom. The number of nitrogens with zero attached hydrogens (tertiary/aromatic N) is 3. The lowest BCUT2D eigenvalue weighted by atomic mass is 10.1. The van der Waals surface area contributed by atoms with Gasteiger partial charge in [0.2, 0.25) is 0 Å². The molecule has 4 aromatic rings. The third-order valence-corrected chi connectivity index (χ3v) is 7.81. The monoisotopic (exact) mass is 555 g/mol. The van der Waals surface area contributed by atoms with Crippen molar-refractivity contribution in [3.05, 3.63) is 71.3 Å². The van der Waals surface area contributed by atoms with E-state index in [1.54, 1.807) is 41.3 Å². The number of hydrogen-bond donors (Lipinski definition) is 2. The van der Waals surface area contributed by atoms with Crippen LogP contribution < -0.4 is 19.5 Å². The molecule has 11 nitrogen and oxygen atoms in total. The number of fused-ring (bicyclic) bond motifs is 2. The van der Waals surface area contributed by atoms with Gasteiger partial charge >= 0.3 is 0 Å². The first-order valence-electron chi connectivity index (χ1n) is 12.0. The van der Waals surface area contributed by atoms with Crippen LogP contribution in [-0.2, 0) is 40.7 Å². The maximum absolute atomic E-state index is 13.4. The molecule has 0 spiro atoms. The van der Waals surface area contributed by atoms with Crippen molar-refractivity contribution in [3.63, 3.8) is 0 Å². The predicted molar refractivity (Wildman–Crippen MR) is 140 cm³/mol. The molecule has 5 rings (SSSR count). The topological polar surface area (TPSA) is 138 Å². The molecular formula is C26H26FN5O6S. The maximum atomic E-state index is 13.4. The number of rotatable bonds is 10. The molecule has 0 saturated heterocycles. The molecule has 2 aromatic heterocycles. The number of nitrogens with one attached hydrogen (secondary N) is 2. The van der Waals surface area contributed by atoms with E-state index in [1.165, 1.54) is 14.2 Å². The Labute approximate surface area is 223 Å². The second-order valence-electron chi connectivity index (χ2n) is 9.07. The third kappa shape index (κ3) is 5.30. The van der Waals surface area contributed by atoms with Crippen molar-refractivity contribution in [2.45, 2.75) is 37.2 Å². The van der Waals surface area contributed by atoms with E-state index in [0.29, 0.717) is 28.8 Å². The first-order valence-corrected chi connectivity index (χ1v) is 13.5. The molecule has 0 atom stereocenters. The molecule has 1 aliphatic carbocycles. The highest BCUT2D eigenvalue weighted by Crippen LogP contribution is 2.37. The van der Waals surface area contributed by atoms with Crippen LogP contribution in [0.25, 0.3) is 11.0 Å². The number of benzene rings is 2. The molecule has 204 valence electrons. The summed E-state index contributed by atoms with van der Waals surface area (Å²) in [7, 11) is -1.17. The number of aromatic nitrogens is 3. The standard InChI is InChI=1S/C26H26FN5O6S/c1-15(27)26(33)28-11-17-12-29-32(14-17)13-16-7-21(37-3)24-22(8-16)38-30-25(24)31-39(34,35)23-10-19-6-4-5-18(19)9-20(23)36-2/h7-10,12,14H,1,4-6,11,13H2,2-3H3,(H,28,33)(H,30,31). The average Bonchev–Trinajstić information content (AvgIpc) is 3.65. The normalized spacial score (nSPS) is 12.8. The summed E-state index contributed by atoms with van der Waals surface area (Å²) in [6, 6.07) is 6.86. The van der Waals surface area contributed by atoms with Crippen LogP contribution in [0.3, 0.4) is 0 Å². The Kier molecular flexibility index (Phi) is 7.00. The van der Waals surface area contributed by atoms with E-state index >= 15 is 0 Å². The predicted octanol–water partition coefficient (Wildman–Crippen LogP) is 3.48. The Morgan fingerprint density at radius 2 is 1.87 bits per heavy atom. The van der Waals surface area contributed by atoms with Gasteiger partial charge in [0, 0.05) is 18.3 Å². The van der Waals surface area contributed by atoms with Gasteiger partial charge in [-0.3, -0.25) is 14.2 Å². The molecule has 1 amide bonds. The number of carbonyl (C=O) groups excluding carboxylic acids is 1. The van der Waals surface area contributed by atoms with Crippen molar-refractivity contribution in [1.29, 1.82) is 0 Å². The smallest absolute Gasteiger partial charge is 0.279 e. The number of halogens is 1. The van der Waals surface area contributed by atoms with E-state index in [9.17, 15) is 17.6 Å². The Hall–Kier alpha value is -4.39. The van der Waals surface area contributed by atoms with E-state index in [2.05, 4.69) is 26.9 Å². The molecular weight excluding hydrogens is 529 g/mol. The lowest BCUT2D eigenvalue weighted by molar-refractivity contribution is -0.119. The maximum Gasteiger partial charge on any atom is 0.279 e. The molecule has 13 heteroatoms. The largest absolute Gasteiger partial charge is 0.496 e.